The molecule has 3 heteroatoms. The summed E-state index contributed by atoms with van der Waals surface area (Å²) in [7, 11) is 1.31. The molecule has 0 unspecified atom stereocenters. The van der Waals surface area contributed by atoms with E-state index < -0.39 is 0 Å². The first-order chi connectivity index (χ1) is 5.63. The molecule has 0 saturated carbocycles. The van der Waals surface area contributed by atoms with Crippen LogP contribution < -0.4 is 0 Å². The van der Waals surface area contributed by atoms with Gasteiger partial charge in [-0.05, 0) is 18.6 Å². The molecule has 0 heterocycles. The number of hydrogen-bond donors (Lipinski definition) is 1. The Kier molecular flexibility index (Phi) is 2.45. The molecular formula is C9H11NO2. The number of hydrogen-bond acceptors (Lipinski definition) is 2. The molecule has 3 nitrogen and oxygen atoms in total. The van der Waals surface area contributed by atoms with Crippen LogP contribution in [0.5, 0.6) is 0 Å². The first kappa shape index (κ1) is 8.74. The second kappa shape index (κ2) is 3.36. The van der Waals surface area contributed by atoms with Crippen molar-refractivity contribution in [1.29, 1.82) is 0 Å². The first-order valence-corrected chi connectivity index (χ1v) is 3.65. The normalized spacial score (nSPS) is 9.58. The molecule has 0 atom stereocenters. The lowest BCUT2D eigenvalue weighted by Gasteiger charge is -2.09. The molecule has 0 saturated heterocycles. The third-order valence-electron chi connectivity index (χ3n) is 1.67. The van der Waals surface area contributed by atoms with Crippen LogP contribution in [0.15, 0.2) is 24.3 Å². The Bertz CT molecular complexity index is 294. The van der Waals surface area contributed by atoms with Crippen LogP contribution in [0.3, 0.4) is 0 Å². The zero-order chi connectivity index (χ0) is 9.14. The molecule has 64 valence electrons. The maximum absolute atomic E-state index is 11.2. The van der Waals surface area contributed by atoms with E-state index >= 15 is 0 Å². The number of aryl methyl sites for hydroxylation is 1. The van der Waals surface area contributed by atoms with Crippen LogP contribution in [-0.4, -0.2) is 23.2 Å². The average Bonchev–Trinajstić information content (AvgIpc) is 2.04. The highest BCUT2D eigenvalue weighted by Crippen LogP contribution is 2.08. The fraction of sp³-hybridized carbons (Fsp3) is 0.222. The monoisotopic (exact) mass is 165 g/mol. The van der Waals surface area contributed by atoms with Crippen LogP contribution in [-0.2, 0) is 0 Å². The summed E-state index contributed by atoms with van der Waals surface area (Å²) in [6.07, 6.45) is 0. The Labute approximate surface area is 71.2 Å². The van der Waals surface area contributed by atoms with Crippen molar-refractivity contribution < 1.29 is 10.0 Å². The van der Waals surface area contributed by atoms with Crippen molar-refractivity contribution in [2.45, 2.75) is 6.92 Å². The van der Waals surface area contributed by atoms with Crippen molar-refractivity contribution >= 4 is 5.91 Å². The van der Waals surface area contributed by atoms with E-state index in [0.29, 0.717) is 10.6 Å². The fourth-order valence-corrected chi connectivity index (χ4v) is 0.987. The molecule has 0 aliphatic carbocycles. The number of nitrogens with zero attached hydrogens (tertiary/aromatic N) is 1. The van der Waals surface area contributed by atoms with Crippen molar-refractivity contribution in [3.05, 3.63) is 35.4 Å². The third-order valence-corrected chi connectivity index (χ3v) is 1.67. The Morgan fingerprint density at radius 2 is 2.00 bits per heavy atom. The number of benzene rings is 1. The van der Waals surface area contributed by atoms with Gasteiger partial charge in [0.15, 0.2) is 0 Å². The van der Waals surface area contributed by atoms with Gasteiger partial charge in [0.2, 0.25) is 0 Å². The van der Waals surface area contributed by atoms with Crippen molar-refractivity contribution in [2.75, 3.05) is 7.05 Å². The highest BCUT2D eigenvalue weighted by atomic mass is 16.5. The average molecular weight is 165 g/mol. The predicted molar refractivity (Wildman–Crippen MR) is 45.1 cm³/mol. The molecule has 1 N–H and O–H groups in total. The van der Waals surface area contributed by atoms with Crippen LogP contribution in [0.4, 0.5) is 0 Å². The minimum Gasteiger partial charge on any atom is -0.286 e. The van der Waals surface area contributed by atoms with E-state index in [2.05, 4.69) is 0 Å². The summed E-state index contributed by atoms with van der Waals surface area (Å²) in [5, 5.41) is 9.47. The second-order valence-electron chi connectivity index (χ2n) is 2.64. The smallest absolute Gasteiger partial charge is 0.277 e. The second-order valence-corrected chi connectivity index (χ2v) is 2.64. The molecule has 1 aromatic carbocycles. The fourth-order valence-electron chi connectivity index (χ4n) is 0.987. The highest BCUT2D eigenvalue weighted by molar-refractivity contribution is 5.94. The molecule has 0 aliphatic heterocycles. The topological polar surface area (TPSA) is 40.5 Å². The lowest BCUT2D eigenvalue weighted by molar-refractivity contribution is -0.0375. The zero-order valence-electron chi connectivity index (χ0n) is 7.11. The van der Waals surface area contributed by atoms with Crippen molar-refractivity contribution in [1.82, 2.24) is 5.06 Å². The van der Waals surface area contributed by atoms with E-state index in [0.717, 1.165) is 5.56 Å². The molecule has 1 amide bonds. The Balaban J connectivity index is 3.03. The first-order valence-electron chi connectivity index (χ1n) is 3.65. The summed E-state index contributed by atoms with van der Waals surface area (Å²) in [6.45, 7) is 1.83. The van der Waals surface area contributed by atoms with E-state index in [-0.39, 0.29) is 5.91 Å². The van der Waals surface area contributed by atoms with Gasteiger partial charge in [-0.15, -0.1) is 0 Å². The molecule has 0 fully saturated rings. The predicted octanol–water partition coefficient (Wildman–Crippen LogP) is 1.46. The SMILES string of the molecule is Cc1ccccc1C(=O)N(C)O. The van der Waals surface area contributed by atoms with Gasteiger partial charge in [0, 0.05) is 12.6 Å². The summed E-state index contributed by atoms with van der Waals surface area (Å²) in [4.78, 5) is 11.2. The van der Waals surface area contributed by atoms with Crippen LogP contribution in [0, 0.1) is 6.92 Å². The van der Waals surface area contributed by atoms with E-state index in [4.69, 9.17) is 5.21 Å². The van der Waals surface area contributed by atoms with E-state index in [1.807, 2.05) is 19.1 Å². The lowest BCUT2D eigenvalue weighted by Crippen LogP contribution is -2.23. The molecule has 0 spiro atoms. The van der Waals surface area contributed by atoms with Crippen LogP contribution in [0.25, 0.3) is 0 Å². The van der Waals surface area contributed by atoms with Crippen molar-refractivity contribution in [3.63, 3.8) is 0 Å². The largest absolute Gasteiger partial charge is 0.286 e. The van der Waals surface area contributed by atoms with Gasteiger partial charge >= 0.3 is 0 Å². The number of carbonyl (C=O) groups excluding carboxylic acids is 1. The van der Waals surface area contributed by atoms with Gasteiger partial charge in [-0.25, -0.2) is 5.06 Å². The molecule has 0 aliphatic rings. The van der Waals surface area contributed by atoms with E-state index in [9.17, 15) is 4.79 Å². The zero-order valence-corrected chi connectivity index (χ0v) is 7.11. The van der Waals surface area contributed by atoms with Crippen LogP contribution in [0.2, 0.25) is 0 Å². The van der Waals surface area contributed by atoms with Crippen molar-refractivity contribution in [2.24, 2.45) is 0 Å². The van der Waals surface area contributed by atoms with Crippen molar-refractivity contribution in [3.8, 4) is 0 Å². The van der Waals surface area contributed by atoms with Gasteiger partial charge in [-0.2, -0.15) is 0 Å². The van der Waals surface area contributed by atoms with Gasteiger partial charge in [0.05, 0.1) is 0 Å². The Hall–Kier alpha value is -1.35. The Morgan fingerprint density at radius 1 is 1.42 bits per heavy atom. The van der Waals surface area contributed by atoms with Gasteiger partial charge in [0.1, 0.15) is 0 Å². The number of rotatable bonds is 1. The molecule has 1 aromatic rings. The third kappa shape index (κ3) is 1.62. The molecular weight excluding hydrogens is 154 g/mol. The summed E-state index contributed by atoms with van der Waals surface area (Å²) in [5.41, 5.74) is 1.39. The molecule has 0 bridgehead atoms. The standard InChI is InChI=1S/C9H11NO2/c1-7-5-3-4-6-8(7)9(11)10(2)12/h3-6,12H,1-2H3. The molecule has 1 rings (SSSR count). The highest BCUT2D eigenvalue weighted by Gasteiger charge is 2.10. The minimum absolute atomic E-state index is 0.381. The van der Waals surface area contributed by atoms with Crippen LogP contribution in [0.1, 0.15) is 15.9 Å². The maximum atomic E-state index is 11.2. The number of amides is 1. The minimum atomic E-state index is -0.381. The number of carbonyl (C=O) groups is 1. The van der Waals surface area contributed by atoms with Gasteiger partial charge < -0.3 is 0 Å². The van der Waals surface area contributed by atoms with Crippen LogP contribution >= 0.6 is 0 Å². The van der Waals surface area contributed by atoms with E-state index in [1.165, 1.54) is 7.05 Å². The molecule has 0 radical (unpaired) electrons. The Morgan fingerprint density at radius 3 is 2.50 bits per heavy atom. The summed E-state index contributed by atoms with van der Waals surface area (Å²) < 4.78 is 0. The van der Waals surface area contributed by atoms with Gasteiger partial charge in [-0.3, -0.25) is 10.0 Å². The summed E-state index contributed by atoms with van der Waals surface area (Å²) in [6, 6.07) is 7.13. The van der Waals surface area contributed by atoms with Gasteiger partial charge in [-0.1, -0.05) is 18.2 Å². The summed E-state index contributed by atoms with van der Waals surface area (Å²) in [5.74, 6) is -0.381. The quantitative estimate of drug-likeness (QED) is 0.505. The van der Waals surface area contributed by atoms with Gasteiger partial charge in [0.25, 0.3) is 5.91 Å². The van der Waals surface area contributed by atoms with E-state index in [1.54, 1.807) is 12.1 Å². The molecule has 0 aromatic heterocycles. The number of hydroxylamine groups is 2. The molecule has 12 heavy (non-hydrogen) atoms. The summed E-state index contributed by atoms with van der Waals surface area (Å²) >= 11 is 0. The maximum Gasteiger partial charge on any atom is 0.277 e. The lowest BCUT2D eigenvalue weighted by atomic mass is 10.1.